The van der Waals surface area contributed by atoms with Gasteiger partial charge in [0.1, 0.15) is 5.75 Å². The number of carbonyl (C=O) groups is 1. The number of amides is 1. The maximum atomic E-state index is 12.5. The molecule has 0 aliphatic carbocycles. The van der Waals surface area contributed by atoms with Crippen molar-refractivity contribution in [2.45, 2.75) is 11.4 Å². The Morgan fingerprint density at radius 1 is 1.00 bits per heavy atom. The number of fused-ring (bicyclic) bond motifs is 1. The lowest BCUT2D eigenvalue weighted by atomic mass is 10.2. The molecule has 0 aromatic heterocycles. The van der Waals surface area contributed by atoms with Crippen molar-refractivity contribution in [1.29, 1.82) is 0 Å². The molecule has 32 heavy (non-hydrogen) atoms. The van der Waals surface area contributed by atoms with Crippen molar-refractivity contribution in [3.05, 3.63) is 77.3 Å². The zero-order valence-corrected chi connectivity index (χ0v) is 18.3. The van der Waals surface area contributed by atoms with E-state index in [1.807, 2.05) is 6.07 Å². The summed E-state index contributed by atoms with van der Waals surface area (Å²) in [5.41, 5.74) is 1.28. The summed E-state index contributed by atoms with van der Waals surface area (Å²) in [5, 5.41) is 2.81. The zero-order chi connectivity index (χ0) is 22.6. The van der Waals surface area contributed by atoms with Gasteiger partial charge in [0, 0.05) is 12.2 Å². The number of benzene rings is 3. The smallest absolute Gasteiger partial charge is 0.261 e. The number of hydrogen-bond acceptors (Lipinski definition) is 6. The fraction of sp³-hybridized carbons (Fsp3) is 0.136. The molecule has 0 fully saturated rings. The van der Waals surface area contributed by atoms with Gasteiger partial charge in [-0.05, 0) is 48.0 Å². The van der Waals surface area contributed by atoms with E-state index < -0.39 is 10.0 Å². The third kappa shape index (κ3) is 5.24. The van der Waals surface area contributed by atoms with E-state index in [9.17, 15) is 13.2 Å². The number of ether oxygens (including phenoxy) is 3. The van der Waals surface area contributed by atoms with E-state index in [2.05, 4.69) is 10.0 Å². The molecule has 3 aromatic carbocycles. The lowest BCUT2D eigenvalue weighted by Gasteiger charge is -2.12. The first-order valence-corrected chi connectivity index (χ1v) is 11.4. The summed E-state index contributed by atoms with van der Waals surface area (Å²) in [6.45, 7) is 0.190. The molecule has 0 bridgehead atoms. The van der Waals surface area contributed by atoms with Gasteiger partial charge >= 0.3 is 0 Å². The van der Waals surface area contributed by atoms with Crippen molar-refractivity contribution in [3.63, 3.8) is 0 Å². The maximum Gasteiger partial charge on any atom is 0.261 e. The first-order valence-electron chi connectivity index (χ1n) is 9.56. The van der Waals surface area contributed by atoms with Crippen LogP contribution in [0.1, 0.15) is 5.56 Å². The highest BCUT2D eigenvalue weighted by atomic mass is 35.5. The molecule has 0 spiro atoms. The van der Waals surface area contributed by atoms with Crippen molar-refractivity contribution in [2.75, 3.05) is 18.1 Å². The standard InChI is InChI=1S/C22H19ClN2O6S/c23-18-11-17(32(27,28)25-16-4-2-1-3-5-16)7-9-19(18)29-13-22(26)24-12-15-6-8-20-21(10-15)31-14-30-20/h1-11,25H,12-14H2,(H,24,26). The molecule has 1 heterocycles. The molecule has 3 aromatic rings. The Labute approximate surface area is 190 Å². The molecule has 1 amide bonds. The largest absolute Gasteiger partial charge is 0.482 e. The number of nitrogens with one attached hydrogen (secondary N) is 2. The highest BCUT2D eigenvalue weighted by Gasteiger charge is 2.17. The van der Waals surface area contributed by atoms with Gasteiger partial charge in [-0.1, -0.05) is 35.9 Å². The number of sulfonamides is 1. The van der Waals surface area contributed by atoms with Crippen LogP contribution in [0.15, 0.2) is 71.6 Å². The van der Waals surface area contributed by atoms with Crippen molar-refractivity contribution in [1.82, 2.24) is 5.32 Å². The molecule has 0 saturated heterocycles. The van der Waals surface area contributed by atoms with Gasteiger partial charge in [0.05, 0.1) is 9.92 Å². The summed E-state index contributed by atoms with van der Waals surface area (Å²) in [7, 11) is -3.82. The topological polar surface area (TPSA) is 103 Å². The van der Waals surface area contributed by atoms with Gasteiger partial charge in [0.15, 0.2) is 18.1 Å². The molecule has 166 valence electrons. The molecule has 0 atom stereocenters. The van der Waals surface area contributed by atoms with Crippen LogP contribution < -0.4 is 24.2 Å². The predicted octanol–water partition coefficient (Wildman–Crippen LogP) is 3.56. The summed E-state index contributed by atoms with van der Waals surface area (Å²) in [4.78, 5) is 12.1. The monoisotopic (exact) mass is 474 g/mol. The number of carbonyl (C=O) groups excluding carboxylic acids is 1. The summed E-state index contributed by atoms with van der Waals surface area (Å²) < 4.78 is 43.5. The molecule has 1 aliphatic rings. The zero-order valence-electron chi connectivity index (χ0n) is 16.7. The minimum absolute atomic E-state index is 0.0223. The fourth-order valence-electron chi connectivity index (χ4n) is 2.93. The van der Waals surface area contributed by atoms with Crippen molar-refractivity contribution >= 4 is 33.2 Å². The van der Waals surface area contributed by atoms with E-state index in [4.69, 9.17) is 25.8 Å². The second-order valence-corrected chi connectivity index (χ2v) is 8.91. The van der Waals surface area contributed by atoms with E-state index in [1.165, 1.54) is 18.2 Å². The van der Waals surface area contributed by atoms with Gasteiger partial charge in [-0.15, -0.1) is 0 Å². The molecule has 4 rings (SSSR count). The minimum atomic E-state index is -3.82. The van der Waals surface area contributed by atoms with Gasteiger partial charge in [0.2, 0.25) is 6.79 Å². The third-order valence-corrected chi connectivity index (χ3v) is 6.20. The van der Waals surface area contributed by atoms with Crippen LogP contribution in [0, 0.1) is 0 Å². The summed E-state index contributed by atoms with van der Waals surface area (Å²) in [5.74, 6) is 1.14. The predicted molar refractivity (Wildman–Crippen MR) is 119 cm³/mol. The average molecular weight is 475 g/mol. The fourth-order valence-corrected chi connectivity index (χ4v) is 4.32. The average Bonchev–Trinajstić information content (AvgIpc) is 3.25. The maximum absolute atomic E-state index is 12.5. The molecular formula is C22H19ClN2O6S. The summed E-state index contributed by atoms with van der Waals surface area (Å²) >= 11 is 6.17. The Kier molecular flexibility index (Phi) is 6.38. The van der Waals surface area contributed by atoms with Crippen molar-refractivity contribution in [3.8, 4) is 17.2 Å². The van der Waals surface area contributed by atoms with Gasteiger partial charge in [-0.3, -0.25) is 9.52 Å². The normalized spacial score (nSPS) is 12.3. The number of halogens is 1. The first kappa shape index (κ1) is 21.8. The van der Waals surface area contributed by atoms with Gasteiger partial charge in [0.25, 0.3) is 15.9 Å². The van der Waals surface area contributed by atoms with E-state index >= 15 is 0 Å². The SMILES string of the molecule is O=C(COc1ccc(S(=O)(=O)Nc2ccccc2)cc1Cl)NCc1ccc2c(c1)OCO2. The van der Waals surface area contributed by atoms with E-state index in [1.54, 1.807) is 42.5 Å². The van der Waals surface area contributed by atoms with E-state index in [0.717, 1.165) is 5.56 Å². The van der Waals surface area contributed by atoms with E-state index in [-0.39, 0.29) is 41.5 Å². The molecule has 0 radical (unpaired) electrons. The lowest BCUT2D eigenvalue weighted by Crippen LogP contribution is -2.28. The minimum Gasteiger partial charge on any atom is -0.482 e. The second kappa shape index (κ2) is 9.37. The molecule has 0 saturated carbocycles. The highest BCUT2D eigenvalue weighted by molar-refractivity contribution is 7.92. The highest BCUT2D eigenvalue weighted by Crippen LogP contribution is 2.32. The number of hydrogen-bond donors (Lipinski definition) is 2. The van der Waals surface area contributed by atoms with E-state index in [0.29, 0.717) is 17.2 Å². The molecule has 8 nitrogen and oxygen atoms in total. The van der Waals surface area contributed by atoms with Crippen molar-refractivity contribution < 1.29 is 27.4 Å². The first-order chi connectivity index (χ1) is 15.4. The third-order valence-electron chi connectivity index (χ3n) is 4.53. The molecule has 0 unspecified atom stereocenters. The molecule has 2 N–H and O–H groups in total. The Morgan fingerprint density at radius 2 is 1.78 bits per heavy atom. The molecule has 10 heteroatoms. The Balaban J connectivity index is 1.32. The van der Waals surface area contributed by atoms with Crippen LogP contribution in [0.4, 0.5) is 5.69 Å². The Hall–Kier alpha value is -3.43. The molecule has 1 aliphatic heterocycles. The van der Waals surface area contributed by atoms with Crippen LogP contribution in [-0.2, 0) is 21.4 Å². The van der Waals surface area contributed by atoms with Gasteiger partial charge in [-0.25, -0.2) is 8.42 Å². The lowest BCUT2D eigenvalue weighted by molar-refractivity contribution is -0.123. The van der Waals surface area contributed by atoms with Crippen molar-refractivity contribution in [2.24, 2.45) is 0 Å². The number of rotatable bonds is 8. The second-order valence-electron chi connectivity index (χ2n) is 6.82. The number of para-hydroxylation sites is 1. The van der Waals surface area contributed by atoms with Gasteiger partial charge < -0.3 is 19.5 Å². The Bertz CT molecular complexity index is 1230. The van der Waals surface area contributed by atoms with Crippen LogP contribution in [0.25, 0.3) is 0 Å². The van der Waals surface area contributed by atoms with Crippen LogP contribution in [0.2, 0.25) is 5.02 Å². The Morgan fingerprint density at radius 3 is 2.56 bits per heavy atom. The quantitative estimate of drug-likeness (QED) is 0.517. The van der Waals surface area contributed by atoms with Gasteiger partial charge in [-0.2, -0.15) is 0 Å². The van der Waals surface area contributed by atoms with Crippen LogP contribution >= 0.6 is 11.6 Å². The number of anilines is 1. The van der Waals surface area contributed by atoms with Crippen LogP contribution in [0.3, 0.4) is 0 Å². The van der Waals surface area contributed by atoms with Crippen LogP contribution in [0.5, 0.6) is 17.2 Å². The summed E-state index contributed by atoms with van der Waals surface area (Å²) in [6.07, 6.45) is 0. The van der Waals surface area contributed by atoms with Crippen LogP contribution in [-0.4, -0.2) is 27.7 Å². The molecular weight excluding hydrogens is 456 g/mol. The summed E-state index contributed by atoms with van der Waals surface area (Å²) in [6, 6.07) is 17.9.